The van der Waals surface area contributed by atoms with E-state index in [0.717, 1.165) is 48.8 Å². The van der Waals surface area contributed by atoms with Crippen LogP contribution in [0.3, 0.4) is 0 Å². The Morgan fingerprint density at radius 3 is 2.35 bits per heavy atom. The van der Waals surface area contributed by atoms with Crippen molar-refractivity contribution in [1.29, 1.82) is 0 Å². The third kappa shape index (κ3) is 5.39. The molecule has 3 heterocycles. The van der Waals surface area contributed by atoms with Gasteiger partial charge in [-0.3, -0.25) is 4.79 Å². The van der Waals surface area contributed by atoms with Gasteiger partial charge in [-0.05, 0) is 49.5 Å². The summed E-state index contributed by atoms with van der Waals surface area (Å²) in [6.45, 7) is 4.05. The first-order chi connectivity index (χ1) is 17.9. The van der Waals surface area contributed by atoms with Crippen LogP contribution in [-0.4, -0.2) is 77.9 Å². The fraction of sp³-hybridized carbons (Fsp3) is 0.259. The topological polar surface area (TPSA) is 108 Å². The van der Waals surface area contributed by atoms with Crippen molar-refractivity contribution in [2.75, 3.05) is 68.2 Å². The van der Waals surface area contributed by atoms with E-state index in [1.165, 1.54) is 4.68 Å². The van der Waals surface area contributed by atoms with Crippen molar-refractivity contribution < 1.29 is 4.79 Å². The van der Waals surface area contributed by atoms with Gasteiger partial charge in [-0.1, -0.05) is 12.1 Å². The zero-order chi connectivity index (χ0) is 25.9. The Morgan fingerprint density at radius 1 is 0.973 bits per heavy atom. The molecule has 0 spiro atoms. The van der Waals surface area contributed by atoms with Crippen LogP contribution >= 0.6 is 0 Å². The van der Waals surface area contributed by atoms with E-state index in [0.29, 0.717) is 11.6 Å². The van der Waals surface area contributed by atoms with E-state index >= 15 is 0 Å². The summed E-state index contributed by atoms with van der Waals surface area (Å²) >= 11 is 0. The smallest absolute Gasteiger partial charge is 0.261 e. The van der Waals surface area contributed by atoms with Crippen LogP contribution in [0.1, 0.15) is 10.4 Å². The molecule has 5 rings (SSSR count). The average Bonchev–Trinajstić information content (AvgIpc) is 3.31. The number of aromatic nitrogens is 4. The van der Waals surface area contributed by atoms with Gasteiger partial charge < -0.3 is 25.8 Å². The van der Waals surface area contributed by atoms with Crippen molar-refractivity contribution in [3.05, 3.63) is 72.6 Å². The summed E-state index contributed by atoms with van der Waals surface area (Å²) < 4.78 is 1.43. The lowest BCUT2D eigenvalue weighted by Gasteiger charge is -2.34. The summed E-state index contributed by atoms with van der Waals surface area (Å²) in [5.74, 6) is 0.0962. The van der Waals surface area contributed by atoms with Crippen molar-refractivity contribution in [2.45, 2.75) is 0 Å². The highest BCUT2D eigenvalue weighted by Gasteiger charge is 2.18. The molecule has 1 fully saturated rings. The SMILES string of the molecule is CN1CCN(c2ccc(NC(=O)c3cn(-c4nccc(-c5ccc(N(C)C)cc5)n4)nc3N)cc2)CC1. The lowest BCUT2D eigenvalue weighted by molar-refractivity contribution is 0.102. The number of likely N-dealkylation sites (N-methyl/N-ethyl adjacent to an activating group) is 1. The first-order valence-electron chi connectivity index (χ1n) is 12.2. The van der Waals surface area contributed by atoms with Gasteiger partial charge in [-0.25, -0.2) is 14.6 Å². The molecule has 0 aliphatic carbocycles. The molecule has 2 aromatic heterocycles. The Bertz CT molecular complexity index is 1370. The lowest BCUT2D eigenvalue weighted by atomic mass is 10.1. The number of piperazine rings is 1. The second kappa shape index (κ2) is 10.3. The van der Waals surface area contributed by atoms with E-state index in [-0.39, 0.29) is 17.3 Å². The average molecular weight is 498 g/mol. The number of nitrogens with two attached hydrogens (primary N) is 1. The molecule has 1 aliphatic heterocycles. The molecular weight excluding hydrogens is 466 g/mol. The molecule has 37 heavy (non-hydrogen) atoms. The third-order valence-electron chi connectivity index (χ3n) is 6.51. The quantitative estimate of drug-likeness (QED) is 0.419. The Balaban J connectivity index is 1.29. The number of carbonyl (C=O) groups excluding carboxylic acids is 1. The number of benzene rings is 2. The van der Waals surface area contributed by atoms with Crippen molar-refractivity contribution in [2.24, 2.45) is 0 Å². The molecule has 3 N–H and O–H groups in total. The fourth-order valence-electron chi connectivity index (χ4n) is 4.23. The monoisotopic (exact) mass is 497 g/mol. The van der Waals surface area contributed by atoms with Gasteiger partial charge >= 0.3 is 0 Å². The van der Waals surface area contributed by atoms with Gasteiger partial charge in [0, 0.05) is 75.3 Å². The number of nitrogens with zero attached hydrogens (tertiary/aromatic N) is 7. The van der Waals surface area contributed by atoms with Gasteiger partial charge in [-0.15, -0.1) is 5.10 Å². The van der Waals surface area contributed by atoms with E-state index in [4.69, 9.17) is 5.73 Å². The molecule has 10 nitrogen and oxygen atoms in total. The third-order valence-corrected chi connectivity index (χ3v) is 6.51. The zero-order valence-corrected chi connectivity index (χ0v) is 21.3. The standard InChI is InChI=1S/C27H31N9O/c1-33(2)21-8-4-19(5-9-21)24-12-13-29-27(31-24)36-18-23(25(28)32-36)26(37)30-20-6-10-22(11-7-20)35-16-14-34(3)15-17-35/h4-13,18H,14-17H2,1-3H3,(H2,28,32)(H,30,37). The normalized spacial score (nSPS) is 14.0. The molecule has 10 heteroatoms. The molecular formula is C27H31N9O. The second-order valence-corrected chi connectivity index (χ2v) is 9.35. The Kier molecular flexibility index (Phi) is 6.74. The summed E-state index contributed by atoms with van der Waals surface area (Å²) in [6, 6.07) is 17.8. The molecule has 1 amide bonds. The predicted molar refractivity (Wildman–Crippen MR) is 147 cm³/mol. The Labute approximate surface area is 216 Å². The minimum Gasteiger partial charge on any atom is -0.382 e. The van der Waals surface area contributed by atoms with Crippen molar-refractivity contribution >= 4 is 28.8 Å². The maximum atomic E-state index is 13.0. The number of hydrogen-bond acceptors (Lipinski definition) is 8. The summed E-state index contributed by atoms with van der Waals surface area (Å²) in [7, 11) is 6.13. The second-order valence-electron chi connectivity index (χ2n) is 9.35. The minimum absolute atomic E-state index is 0.107. The minimum atomic E-state index is -0.341. The predicted octanol–water partition coefficient (Wildman–Crippen LogP) is 2.98. The van der Waals surface area contributed by atoms with Gasteiger partial charge in [0.1, 0.15) is 5.56 Å². The van der Waals surface area contributed by atoms with Crippen LogP contribution in [0.2, 0.25) is 0 Å². The number of anilines is 4. The number of amides is 1. The van der Waals surface area contributed by atoms with Crippen LogP contribution in [0, 0.1) is 0 Å². The number of nitrogen functional groups attached to an aromatic ring is 1. The largest absolute Gasteiger partial charge is 0.382 e. The van der Waals surface area contributed by atoms with Crippen LogP contribution in [0.4, 0.5) is 22.9 Å². The van der Waals surface area contributed by atoms with E-state index in [2.05, 4.69) is 37.2 Å². The summed E-state index contributed by atoms with van der Waals surface area (Å²) in [5, 5.41) is 7.20. The van der Waals surface area contributed by atoms with Gasteiger partial charge in [0.05, 0.1) is 5.69 Å². The molecule has 1 aliphatic rings. The molecule has 0 bridgehead atoms. The molecule has 0 atom stereocenters. The molecule has 0 saturated carbocycles. The number of nitrogens with one attached hydrogen (secondary N) is 1. The molecule has 1 saturated heterocycles. The van der Waals surface area contributed by atoms with Crippen LogP contribution in [0.25, 0.3) is 17.2 Å². The number of hydrogen-bond donors (Lipinski definition) is 2. The maximum Gasteiger partial charge on any atom is 0.261 e. The summed E-state index contributed by atoms with van der Waals surface area (Å²) in [5.41, 5.74) is 11.0. The van der Waals surface area contributed by atoms with E-state index in [1.807, 2.05) is 73.6 Å². The van der Waals surface area contributed by atoms with E-state index in [9.17, 15) is 4.79 Å². The zero-order valence-electron chi connectivity index (χ0n) is 21.3. The molecule has 2 aromatic carbocycles. The molecule has 0 radical (unpaired) electrons. The Morgan fingerprint density at radius 2 is 1.68 bits per heavy atom. The summed E-state index contributed by atoms with van der Waals surface area (Å²) in [4.78, 5) is 28.6. The van der Waals surface area contributed by atoms with Crippen molar-refractivity contribution in [3.8, 4) is 17.2 Å². The maximum absolute atomic E-state index is 13.0. The van der Waals surface area contributed by atoms with Gasteiger partial charge in [0.25, 0.3) is 11.9 Å². The molecule has 4 aromatic rings. The first-order valence-corrected chi connectivity index (χ1v) is 12.2. The fourth-order valence-corrected chi connectivity index (χ4v) is 4.23. The molecule has 190 valence electrons. The van der Waals surface area contributed by atoms with Gasteiger partial charge in [0.2, 0.25) is 0 Å². The molecule has 0 unspecified atom stereocenters. The summed E-state index contributed by atoms with van der Waals surface area (Å²) in [6.07, 6.45) is 3.22. The Hall–Kier alpha value is -4.44. The highest BCUT2D eigenvalue weighted by molar-refractivity contribution is 6.07. The van der Waals surface area contributed by atoms with Crippen LogP contribution in [0.5, 0.6) is 0 Å². The van der Waals surface area contributed by atoms with E-state index in [1.54, 1.807) is 12.4 Å². The lowest BCUT2D eigenvalue weighted by Crippen LogP contribution is -2.44. The van der Waals surface area contributed by atoms with Crippen molar-refractivity contribution in [3.63, 3.8) is 0 Å². The highest BCUT2D eigenvalue weighted by atomic mass is 16.1. The van der Waals surface area contributed by atoms with Gasteiger partial charge in [0.15, 0.2) is 5.82 Å². The van der Waals surface area contributed by atoms with Crippen LogP contribution in [-0.2, 0) is 0 Å². The van der Waals surface area contributed by atoms with Crippen LogP contribution in [0.15, 0.2) is 67.0 Å². The van der Waals surface area contributed by atoms with Crippen LogP contribution < -0.4 is 20.9 Å². The highest BCUT2D eigenvalue weighted by Crippen LogP contribution is 2.23. The van der Waals surface area contributed by atoms with Gasteiger partial charge in [-0.2, -0.15) is 0 Å². The van der Waals surface area contributed by atoms with Crippen molar-refractivity contribution in [1.82, 2.24) is 24.6 Å². The first kappa shape index (κ1) is 24.3. The van der Waals surface area contributed by atoms with E-state index < -0.39 is 0 Å². The number of carbonyl (C=O) groups is 1. The number of rotatable bonds is 6.